The van der Waals surface area contributed by atoms with Crippen LogP contribution < -0.4 is 15.6 Å². The van der Waals surface area contributed by atoms with E-state index in [-0.39, 0.29) is 28.4 Å². The van der Waals surface area contributed by atoms with Gasteiger partial charge in [0.25, 0.3) is 5.56 Å². The van der Waals surface area contributed by atoms with Crippen molar-refractivity contribution >= 4 is 23.5 Å². The predicted octanol–water partition coefficient (Wildman–Crippen LogP) is 3.48. The van der Waals surface area contributed by atoms with Crippen molar-refractivity contribution in [3.63, 3.8) is 0 Å². The van der Waals surface area contributed by atoms with Crippen LogP contribution in [0.1, 0.15) is 56.0 Å². The quantitative estimate of drug-likeness (QED) is 0.796. The van der Waals surface area contributed by atoms with Gasteiger partial charge >= 0.3 is 0 Å². The van der Waals surface area contributed by atoms with E-state index in [1.54, 1.807) is 0 Å². The Balaban J connectivity index is 1.74. The number of carbonyl (C=O) groups excluding carboxylic acids is 1. The highest BCUT2D eigenvalue weighted by Gasteiger charge is 2.35. The molecule has 2 N–H and O–H groups in total. The lowest BCUT2D eigenvalue weighted by Gasteiger charge is -2.36. The maximum atomic E-state index is 13.0. The summed E-state index contributed by atoms with van der Waals surface area (Å²) in [4.78, 5) is 25.4. The summed E-state index contributed by atoms with van der Waals surface area (Å²) in [5.41, 5.74) is 1.16. The van der Waals surface area contributed by atoms with E-state index in [2.05, 4.69) is 24.3 Å². The number of benzene rings is 1. The zero-order valence-corrected chi connectivity index (χ0v) is 17.8. The van der Waals surface area contributed by atoms with E-state index in [0.29, 0.717) is 30.3 Å². The maximum Gasteiger partial charge on any atom is 0.270 e. The molecule has 0 spiro atoms. The van der Waals surface area contributed by atoms with Crippen LogP contribution in [0.3, 0.4) is 0 Å². The number of aromatic nitrogens is 2. The van der Waals surface area contributed by atoms with Gasteiger partial charge in [-0.15, -0.1) is 11.8 Å². The molecule has 1 amide bonds. The molecule has 0 aliphatic carbocycles. The molecule has 2 aromatic rings. The molecule has 1 aromatic heterocycles. The van der Waals surface area contributed by atoms with Gasteiger partial charge in [-0.3, -0.25) is 19.4 Å². The smallest absolute Gasteiger partial charge is 0.270 e. The summed E-state index contributed by atoms with van der Waals surface area (Å²) in [5.74, 6) is 1.58. The zero-order valence-electron chi connectivity index (χ0n) is 17.0. The Morgan fingerprint density at radius 3 is 2.72 bits per heavy atom. The third-order valence-electron chi connectivity index (χ3n) is 5.39. The van der Waals surface area contributed by atoms with Gasteiger partial charge in [0, 0.05) is 6.61 Å². The predicted molar refractivity (Wildman–Crippen MR) is 114 cm³/mol. The number of H-pyrrole nitrogens is 1. The molecule has 7 nitrogen and oxygen atoms in total. The van der Waals surface area contributed by atoms with Crippen molar-refractivity contribution in [2.75, 3.05) is 24.3 Å². The number of fused-ring (bicyclic) bond motifs is 1. The molecule has 0 saturated carbocycles. The van der Waals surface area contributed by atoms with Gasteiger partial charge in [-0.2, -0.15) is 0 Å². The van der Waals surface area contributed by atoms with Crippen LogP contribution in [0.4, 0.5) is 5.82 Å². The van der Waals surface area contributed by atoms with Crippen LogP contribution in [0.5, 0.6) is 5.75 Å². The Labute approximate surface area is 174 Å². The number of aromatic amines is 1. The lowest BCUT2D eigenvalue weighted by molar-refractivity contribution is -0.113. The van der Waals surface area contributed by atoms with Gasteiger partial charge in [-0.1, -0.05) is 12.1 Å². The average molecular weight is 418 g/mol. The van der Waals surface area contributed by atoms with Crippen LogP contribution >= 0.6 is 11.8 Å². The second-order valence-electron chi connectivity index (χ2n) is 8.07. The van der Waals surface area contributed by atoms with E-state index in [9.17, 15) is 9.59 Å². The van der Waals surface area contributed by atoms with Crippen molar-refractivity contribution in [2.24, 2.45) is 0 Å². The van der Waals surface area contributed by atoms with E-state index in [4.69, 9.17) is 9.47 Å². The molecule has 8 heteroatoms. The van der Waals surface area contributed by atoms with Gasteiger partial charge in [0.2, 0.25) is 5.91 Å². The van der Waals surface area contributed by atoms with Gasteiger partial charge < -0.3 is 14.8 Å². The highest BCUT2D eigenvalue weighted by Crippen LogP contribution is 2.42. The van der Waals surface area contributed by atoms with E-state index >= 15 is 0 Å². The number of rotatable bonds is 4. The Morgan fingerprint density at radius 1 is 1.28 bits per heavy atom. The van der Waals surface area contributed by atoms with Gasteiger partial charge in [0.1, 0.15) is 11.6 Å². The van der Waals surface area contributed by atoms with Gasteiger partial charge in [-0.05, 0) is 51.3 Å². The molecule has 2 aliphatic heterocycles. The fourth-order valence-electron chi connectivity index (χ4n) is 4.11. The summed E-state index contributed by atoms with van der Waals surface area (Å²) in [6, 6.07) is 7.82. The third kappa shape index (κ3) is 4.09. The molecule has 0 unspecified atom stereocenters. The average Bonchev–Trinajstić information content (AvgIpc) is 2.88. The summed E-state index contributed by atoms with van der Waals surface area (Å²) in [6.07, 6.45) is 1.55. The molecule has 1 fully saturated rings. The molecule has 2 aliphatic rings. The normalized spacial score (nSPS) is 23.8. The lowest BCUT2D eigenvalue weighted by Crippen LogP contribution is -2.36. The molecule has 0 radical (unpaired) electrons. The monoisotopic (exact) mass is 417 g/mol. The minimum atomic E-state index is -0.269. The number of thioether (sulfide) groups is 1. The summed E-state index contributed by atoms with van der Waals surface area (Å²) >= 11 is 1.47. The fourth-order valence-corrected chi connectivity index (χ4v) is 5.23. The lowest BCUT2D eigenvalue weighted by atomic mass is 9.94. The minimum absolute atomic E-state index is 0.0691. The Kier molecular flexibility index (Phi) is 5.48. The number of carbonyl (C=O) groups is 1. The third-order valence-corrected chi connectivity index (χ3v) is 6.66. The summed E-state index contributed by atoms with van der Waals surface area (Å²) in [7, 11) is 0. The molecule has 1 aromatic carbocycles. The SMILES string of the molecule is CCOc1ccc([C@H]2SCC(=O)Nc3c2c(=O)[nH]n3[C@@H]2CCOC(C)(C)C2)cc1. The first kappa shape index (κ1) is 20.1. The van der Waals surface area contributed by atoms with E-state index in [1.165, 1.54) is 11.8 Å². The van der Waals surface area contributed by atoms with Crippen LogP contribution in [-0.2, 0) is 9.53 Å². The second kappa shape index (κ2) is 7.91. The number of nitrogens with zero attached hydrogens (tertiary/aromatic N) is 1. The standard InChI is InChI=1S/C21H27N3O4S/c1-4-27-15-7-5-13(6-8-15)18-17-19(22-16(25)12-29-18)24(23-20(17)26)14-9-10-28-21(2,3)11-14/h5-8,14,18H,4,9-12H2,1-3H3,(H,22,25)(H,23,26)/t14-,18-/m1/s1. The molecular weight excluding hydrogens is 390 g/mol. The summed E-state index contributed by atoms with van der Waals surface area (Å²) in [5, 5.41) is 5.74. The summed E-state index contributed by atoms with van der Waals surface area (Å²) in [6.45, 7) is 7.27. The number of hydrogen-bond donors (Lipinski definition) is 2. The van der Waals surface area contributed by atoms with Crippen molar-refractivity contribution < 1.29 is 14.3 Å². The largest absolute Gasteiger partial charge is 0.494 e. The first-order valence-electron chi connectivity index (χ1n) is 10.0. The summed E-state index contributed by atoms with van der Waals surface area (Å²) < 4.78 is 13.2. The highest BCUT2D eigenvalue weighted by molar-refractivity contribution is 8.00. The Morgan fingerprint density at radius 2 is 2.03 bits per heavy atom. The van der Waals surface area contributed by atoms with E-state index in [1.807, 2.05) is 35.9 Å². The van der Waals surface area contributed by atoms with Crippen LogP contribution in [0.2, 0.25) is 0 Å². The highest BCUT2D eigenvalue weighted by atomic mass is 32.2. The molecule has 0 bridgehead atoms. The first-order valence-corrected chi connectivity index (χ1v) is 11.1. The van der Waals surface area contributed by atoms with Crippen molar-refractivity contribution in [1.82, 2.24) is 9.78 Å². The zero-order chi connectivity index (χ0) is 20.6. The Bertz CT molecular complexity index is 948. The van der Waals surface area contributed by atoms with Gasteiger partial charge in [-0.25, -0.2) is 0 Å². The van der Waals surface area contributed by atoms with E-state index in [0.717, 1.165) is 24.2 Å². The molecule has 3 heterocycles. The number of anilines is 1. The Hall–Kier alpha value is -2.19. The van der Waals surface area contributed by atoms with Crippen molar-refractivity contribution in [3.8, 4) is 5.75 Å². The van der Waals surface area contributed by atoms with Crippen LogP contribution in [0.25, 0.3) is 0 Å². The number of ether oxygens (including phenoxy) is 2. The minimum Gasteiger partial charge on any atom is -0.494 e. The maximum absolute atomic E-state index is 13.0. The molecule has 1 saturated heterocycles. The van der Waals surface area contributed by atoms with Crippen molar-refractivity contribution in [3.05, 3.63) is 45.7 Å². The molecule has 29 heavy (non-hydrogen) atoms. The first-order chi connectivity index (χ1) is 13.9. The van der Waals surface area contributed by atoms with Crippen LogP contribution in [0.15, 0.2) is 29.1 Å². The molecule has 2 atom stereocenters. The van der Waals surface area contributed by atoms with Crippen molar-refractivity contribution in [1.29, 1.82) is 0 Å². The van der Waals surface area contributed by atoms with Crippen LogP contribution in [0, 0.1) is 0 Å². The van der Waals surface area contributed by atoms with Gasteiger partial charge in [0.15, 0.2) is 0 Å². The van der Waals surface area contributed by atoms with E-state index < -0.39 is 0 Å². The number of amides is 1. The molecular formula is C21H27N3O4S. The molecule has 156 valence electrons. The number of hydrogen-bond acceptors (Lipinski definition) is 5. The molecule has 4 rings (SSSR count). The second-order valence-corrected chi connectivity index (χ2v) is 9.16. The topological polar surface area (TPSA) is 85.4 Å². The number of nitrogens with one attached hydrogen (secondary N) is 2. The van der Waals surface area contributed by atoms with Crippen LogP contribution in [-0.4, -0.2) is 40.3 Å². The fraction of sp³-hybridized carbons (Fsp3) is 0.524. The van der Waals surface area contributed by atoms with Crippen molar-refractivity contribution in [2.45, 2.75) is 50.5 Å². The van der Waals surface area contributed by atoms with Gasteiger partial charge in [0.05, 0.1) is 34.8 Å².